The van der Waals surface area contributed by atoms with E-state index in [0.29, 0.717) is 0 Å². The van der Waals surface area contributed by atoms with E-state index in [-0.39, 0.29) is 22.0 Å². The van der Waals surface area contributed by atoms with Crippen molar-refractivity contribution >= 4 is 10.1 Å². The minimum atomic E-state index is -4.03. The Hall–Kier alpha value is -2.52. The maximum atomic E-state index is 12.3. The Labute approximate surface area is 123 Å². The minimum Gasteiger partial charge on any atom is -0.493 e. The molecule has 0 spiro atoms. The average Bonchev–Trinajstić information content (AvgIpc) is 2.47. The van der Waals surface area contributed by atoms with Crippen LogP contribution in [0.15, 0.2) is 47.4 Å². The molecule has 0 amide bonds. The lowest BCUT2D eigenvalue weighted by molar-refractivity contribution is 0.390. The number of nitrogens with zero attached hydrogens (tertiary/aromatic N) is 1. The molecule has 0 N–H and O–H groups in total. The summed E-state index contributed by atoms with van der Waals surface area (Å²) in [5.41, 5.74) is 1.02. The summed E-state index contributed by atoms with van der Waals surface area (Å²) in [6.45, 7) is 1.85. The number of aryl methyl sites for hydroxylation is 1. The zero-order chi connectivity index (χ0) is 15.5. The molecular formula is C15H13NO4S. The van der Waals surface area contributed by atoms with Crippen LogP contribution in [0.2, 0.25) is 0 Å². The second kappa shape index (κ2) is 5.85. The lowest BCUT2D eigenvalue weighted by atomic mass is 10.2. The maximum Gasteiger partial charge on any atom is 0.339 e. The van der Waals surface area contributed by atoms with Crippen molar-refractivity contribution in [3.63, 3.8) is 0 Å². The third-order valence-electron chi connectivity index (χ3n) is 2.82. The highest BCUT2D eigenvalue weighted by Crippen LogP contribution is 2.33. The lowest BCUT2D eigenvalue weighted by Gasteiger charge is -2.12. The van der Waals surface area contributed by atoms with Crippen LogP contribution in [-0.2, 0) is 10.1 Å². The third-order valence-corrected chi connectivity index (χ3v) is 4.06. The van der Waals surface area contributed by atoms with Gasteiger partial charge in [-0.1, -0.05) is 23.8 Å². The molecule has 0 unspecified atom stereocenters. The standard InChI is InChI=1S/C15H13NO4S/c1-11-6-8-13(9-7-11)21(17,18)20-15-12(10-16)4-3-5-14(15)19-2/h3-9H,1-2H3. The molecule has 0 atom stereocenters. The molecule has 0 saturated carbocycles. The molecule has 2 rings (SSSR count). The molecular weight excluding hydrogens is 290 g/mol. The molecule has 0 fully saturated rings. The van der Waals surface area contributed by atoms with E-state index < -0.39 is 10.1 Å². The van der Waals surface area contributed by atoms with Crippen LogP contribution in [0.1, 0.15) is 11.1 Å². The fourth-order valence-corrected chi connectivity index (χ4v) is 2.67. The van der Waals surface area contributed by atoms with E-state index in [9.17, 15) is 8.42 Å². The summed E-state index contributed by atoms with van der Waals surface area (Å²) >= 11 is 0. The van der Waals surface area contributed by atoms with Gasteiger partial charge in [0.15, 0.2) is 5.75 Å². The highest BCUT2D eigenvalue weighted by molar-refractivity contribution is 7.87. The summed E-state index contributed by atoms with van der Waals surface area (Å²) in [5.74, 6) is 0.0767. The van der Waals surface area contributed by atoms with Gasteiger partial charge in [-0.05, 0) is 31.2 Å². The Bertz CT molecular complexity index is 789. The summed E-state index contributed by atoms with van der Waals surface area (Å²) < 4.78 is 34.7. The lowest BCUT2D eigenvalue weighted by Crippen LogP contribution is -2.11. The van der Waals surface area contributed by atoms with Crippen LogP contribution in [0.25, 0.3) is 0 Å². The van der Waals surface area contributed by atoms with Gasteiger partial charge in [0.1, 0.15) is 11.0 Å². The van der Waals surface area contributed by atoms with Crippen LogP contribution in [0.5, 0.6) is 11.5 Å². The van der Waals surface area contributed by atoms with E-state index in [1.165, 1.54) is 31.4 Å². The molecule has 5 nitrogen and oxygen atoms in total. The van der Waals surface area contributed by atoms with Gasteiger partial charge in [-0.25, -0.2) is 0 Å². The fourth-order valence-electron chi connectivity index (χ4n) is 1.71. The molecule has 0 aliphatic heterocycles. The molecule has 2 aromatic carbocycles. The second-order valence-corrected chi connectivity index (χ2v) is 5.85. The number of benzene rings is 2. The maximum absolute atomic E-state index is 12.3. The molecule has 0 radical (unpaired) electrons. The number of hydrogen-bond donors (Lipinski definition) is 0. The largest absolute Gasteiger partial charge is 0.493 e. The summed E-state index contributed by atoms with van der Waals surface area (Å²) in [5, 5.41) is 9.06. The molecule has 0 heterocycles. The zero-order valence-electron chi connectivity index (χ0n) is 11.5. The van der Waals surface area contributed by atoms with Gasteiger partial charge in [0.25, 0.3) is 0 Å². The van der Waals surface area contributed by atoms with Crippen LogP contribution in [0.3, 0.4) is 0 Å². The van der Waals surface area contributed by atoms with Gasteiger partial charge in [-0.3, -0.25) is 0 Å². The number of nitriles is 1. The van der Waals surface area contributed by atoms with Crippen molar-refractivity contribution in [3.8, 4) is 17.6 Å². The predicted octanol–water partition coefficient (Wildman–Crippen LogP) is 2.64. The Balaban J connectivity index is 2.46. The number of hydrogen-bond acceptors (Lipinski definition) is 5. The van der Waals surface area contributed by atoms with Crippen molar-refractivity contribution < 1.29 is 17.3 Å². The first kappa shape index (κ1) is 14.9. The molecule has 0 aromatic heterocycles. The number of rotatable bonds is 4. The predicted molar refractivity (Wildman–Crippen MR) is 76.7 cm³/mol. The third kappa shape index (κ3) is 3.15. The molecule has 0 bridgehead atoms. The van der Waals surface area contributed by atoms with Gasteiger partial charge in [-0.2, -0.15) is 13.7 Å². The van der Waals surface area contributed by atoms with Crippen LogP contribution in [0.4, 0.5) is 0 Å². The number of ether oxygens (including phenoxy) is 1. The molecule has 2 aromatic rings. The van der Waals surface area contributed by atoms with Crippen LogP contribution in [0, 0.1) is 18.3 Å². The second-order valence-electron chi connectivity index (χ2n) is 4.30. The van der Waals surface area contributed by atoms with Gasteiger partial charge in [0.2, 0.25) is 5.75 Å². The normalized spacial score (nSPS) is 10.7. The average molecular weight is 303 g/mol. The molecule has 0 aliphatic rings. The zero-order valence-corrected chi connectivity index (χ0v) is 12.3. The van der Waals surface area contributed by atoms with Gasteiger partial charge in [0, 0.05) is 0 Å². The van der Waals surface area contributed by atoms with Crippen LogP contribution >= 0.6 is 0 Å². The van der Waals surface area contributed by atoms with Gasteiger partial charge in [0.05, 0.1) is 12.7 Å². The molecule has 21 heavy (non-hydrogen) atoms. The molecule has 0 aliphatic carbocycles. The van der Waals surface area contributed by atoms with Crippen molar-refractivity contribution in [1.29, 1.82) is 5.26 Å². The van der Waals surface area contributed by atoms with Gasteiger partial charge in [-0.15, -0.1) is 0 Å². The van der Waals surface area contributed by atoms with E-state index >= 15 is 0 Å². The van der Waals surface area contributed by atoms with Gasteiger partial charge >= 0.3 is 10.1 Å². The van der Waals surface area contributed by atoms with Crippen molar-refractivity contribution in [1.82, 2.24) is 0 Å². The summed E-state index contributed by atoms with van der Waals surface area (Å²) in [7, 11) is -2.65. The molecule has 0 saturated heterocycles. The van der Waals surface area contributed by atoms with Crippen molar-refractivity contribution in [3.05, 3.63) is 53.6 Å². The Morgan fingerprint density at radius 3 is 2.33 bits per heavy atom. The minimum absolute atomic E-state index is 0.0166. The Kier molecular flexibility index (Phi) is 4.15. The first-order valence-electron chi connectivity index (χ1n) is 6.06. The van der Waals surface area contributed by atoms with Crippen LogP contribution < -0.4 is 8.92 Å². The van der Waals surface area contributed by atoms with Crippen molar-refractivity contribution in [2.24, 2.45) is 0 Å². The van der Waals surface area contributed by atoms with E-state index in [1.807, 2.05) is 13.0 Å². The Morgan fingerprint density at radius 2 is 1.76 bits per heavy atom. The molecule has 108 valence electrons. The van der Waals surface area contributed by atoms with E-state index in [4.69, 9.17) is 14.2 Å². The first-order valence-corrected chi connectivity index (χ1v) is 7.47. The topological polar surface area (TPSA) is 76.4 Å². The van der Waals surface area contributed by atoms with E-state index in [1.54, 1.807) is 18.2 Å². The number of para-hydroxylation sites is 1. The molecule has 6 heteroatoms. The highest BCUT2D eigenvalue weighted by atomic mass is 32.2. The first-order chi connectivity index (χ1) is 9.97. The summed E-state index contributed by atoms with van der Waals surface area (Å²) in [6.07, 6.45) is 0. The number of methoxy groups -OCH3 is 1. The van der Waals surface area contributed by atoms with E-state index in [2.05, 4.69) is 0 Å². The monoisotopic (exact) mass is 303 g/mol. The Morgan fingerprint density at radius 1 is 1.10 bits per heavy atom. The van der Waals surface area contributed by atoms with E-state index in [0.717, 1.165) is 5.56 Å². The SMILES string of the molecule is COc1cccc(C#N)c1OS(=O)(=O)c1ccc(C)cc1. The fraction of sp³-hybridized carbons (Fsp3) is 0.133. The van der Waals surface area contributed by atoms with Gasteiger partial charge < -0.3 is 8.92 Å². The van der Waals surface area contributed by atoms with Crippen molar-refractivity contribution in [2.75, 3.05) is 7.11 Å². The summed E-state index contributed by atoms with van der Waals surface area (Å²) in [6, 6.07) is 12.7. The quantitative estimate of drug-likeness (QED) is 0.812. The van der Waals surface area contributed by atoms with Crippen LogP contribution in [-0.4, -0.2) is 15.5 Å². The smallest absolute Gasteiger partial charge is 0.339 e. The summed E-state index contributed by atoms with van der Waals surface area (Å²) in [4.78, 5) is 0.0166. The highest BCUT2D eigenvalue weighted by Gasteiger charge is 2.21. The van der Waals surface area contributed by atoms with Crippen molar-refractivity contribution in [2.45, 2.75) is 11.8 Å².